The molecule has 1 aliphatic carbocycles. The Morgan fingerprint density at radius 2 is 1.94 bits per heavy atom. The van der Waals surface area contributed by atoms with Crippen molar-refractivity contribution in [1.29, 1.82) is 0 Å². The van der Waals surface area contributed by atoms with Gasteiger partial charge in [-0.1, -0.05) is 30.3 Å². The number of nitrogens with zero attached hydrogens (tertiary/aromatic N) is 1. The highest BCUT2D eigenvalue weighted by atomic mass is 16.6. The van der Waals surface area contributed by atoms with Crippen LogP contribution in [0.5, 0.6) is 0 Å². The van der Waals surface area contributed by atoms with Crippen LogP contribution in [0.2, 0.25) is 0 Å². The van der Waals surface area contributed by atoms with Gasteiger partial charge < -0.3 is 9.90 Å². The molecule has 5 nitrogen and oxygen atoms in total. The number of hydrogen-bond acceptors (Lipinski definition) is 4. The van der Waals surface area contributed by atoms with Gasteiger partial charge in [-0.3, -0.25) is 10.1 Å². The zero-order valence-electron chi connectivity index (χ0n) is 9.81. The number of aliphatic hydroxyl groups is 1. The standard InChI is InChI=1S/C13H15NO4/c15-8-10-6-7-11(16)13(14(17)18)12(10)9-4-2-1-3-5-9/h1-5,8,10-13,16H,6-7H2/t10-,11+,12-,13-/m1/s1. The summed E-state index contributed by atoms with van der Waals surface area (Å²) in [7, 11) is 0. The third kappa shape index (κ3) is 2.26. The molecule has 1 aromatic rings. The first-order chi connectivity index (χ1) is 8.65. The van der Waals surface area contributed by atoms with Gasteiger partial charge in [0.2, 0.25) is 6.04 Å². The Labute approximate surface area is 105 Å². The topological polar surface area (TPSA) is 80.4 Å². The molecular formula is C13H15NO4. The minimum atomic E-state index is -1.10. The first-order valence-corrected chi connectivity index (χ1v) is 5.97. The maximum absolute atomic E-state index is 11.1. The number of aldehydes is 1. The summed E-state index contributed by atoms with van der Waals surface area (Å²) >= 11 is 0. The molecule has 0 aliphatic heterocycles. The lowest BCUT2D eigenvalue weighted by Crippen LogP contribution is -2.46. The second-order valence-electron chi connectivity index (χ2n) is 4.66. The van der Waals surface area contributed by atoms with Crippen molar-refractivity contribution >= 4 is 6.29 Å². The van der Waals surface area contributed by atoms with E-state index in [1.165, 1.54) is 0 Å². The average molecular weight is 249 g/mol. The van der Waals surface area contributed by atoms with Crippen LogP contribution in [0.4, 0.5) is 0 Å². The van der Waals surface area contributed by atoms with Crippen LogP contribution >= 0.6 is 0 Å². The Hall–Kier alpha value is -1.75. The number of benzene rings is 1. The lowest BCUT2D eigenvalue weighted by Gasteiger charge is -2.33. The molecule has 1 aromatic carbocycles. The summed E-state index contributed by atoms with van der Waals surface area (Å²) in [4.78, 5) is 21.8. The number of carbonyl (C=O) groups is 1. The van der Waals surface area contributed by atoms with E-state index in [0.29, 0.717) is 12.8 Å². The van der Waals surface area contributed by atoms with E-state index in [-0.39, 0.29) is 0 Å². The van der Waals surface area contributed by atoms with E-state index in [0.717, 1.165) is 11.8 Å². The van der Waals surface area contributed by atoms with E-state index in [1.807, 2.05) is 6.07 Å². The smallest absolute Gasteiger partial charge is 0.245 e. The lowest BCUT2D eigenvalue weighted by atomic mass is 9.72. The minimum Gasteiger partial charge on any atom is -0.386 e. The van der Waals surface area contributed by atoms with Crippen LogP contribution in [0, 0.1) is 16.0 Å². The van der Waals surface area contributed by atoms with E-state index < -0.39 is 28.9 Å². The van der Waals surface area contributed by atoms with Gasteiger partial charge >= 0.3 is 0 Å². The normalized spacial score (nSPS) is 31.8. The Bertz CT molecular complexity index is 434. The van der Waals surface area contributed by atoms with E-state index in [9.17, 15) is 20.0 Å². The number of rotatable bonds is 3. The summed E-state index contributed by atoms with van der Waals surface area (Å²) in [5.74, 6) is -0.936. The van der Waals surface area contributed by atoms with Gasteiger partial charge in [-0.25, -0.2) is 0 Å². The molecule has 0 unspecified atom stereocenters. The molecular weight excluding hydrogens is 234 g/mol. The molecule has 0 amide bonds. The number of nitro groups is 1. The Morgan fingerprint density at radius 1 is 1.28 bits per heavy atom. The highest BCUT2D eigenvalue weighted by Gasteiger charge is 2.47. The molecule has 5 heteroatoms. The average Bonchev–Trinajstić information content (AvgIpc) is 2.39. The molecule has 0 saturated heterocycles. The van der Waals surface area contributed by atoms with E-state index in [1.54, 1.807) is 24.3 Å². The predicted octanol–water partition coefficient (Wildman–Crippen LogP) is 1.39. The summed E-state index contributed by atoms with van der Waals surface area (Å²) in [6.07, 6.45) is 0.592. The van der Waals surface area contributed by atoms with Crippen molar-refractivity contribution in [3.05, 3.63) is 46.0 Å². The zero-order valence-corrected chi connectivity index (χ0v) is 9.81. The number of carbonyl (C=O) groups excluding carboxylic acids is 1. The second-order valence-corrected chi connectivity index (χ2v) is 4.66. The van der Waals surface area contributed by atoms with Gasteiger partial charge in [0, 0.05) is 10.8 Å². The largest absolute Gasteiger partial charge is 0.386 e. The third-order valence-electron chi connectivity index (χ3n) is 3.62. The minimum absolute atomic E-state index is 0.304. The summed E-state index contributed by atoms with van der Waals surface area (Å²) in [5, 5.41) is 21.0. The molecule has 18 heavy (non-hydrogen) atoms. The predicted molar refractivity (Wildman–Crippen MR) is 64.8 cm³/mol. The Morgan fingerprint density at radius 3 is 2.50 bits per heavy atom. The fourth-order valence-electron chi connectivity index (χ4n) is 2.75. The molecule has 1 N–H and O–H groups in total. The van der Waals surface area contributed by atoms with Gasteiger partial charge in [0.1, 0.15) is 12.4 Å². The fraction of sp³-hybridized carbons (Fsp3) is 0.462. The van der Waals surface area contributed by atoms with Crippen LogP contribution in [-0.2, 0) is 4.79 Å². The van der Waals surface area contributed by atoms with Crippen LogP contribution in [-0.4, -0.2) is 28.5 Å². The van der Waals surface area contributed by atoms with Crippen LogP contribution < -0.4 is 0 Å². The van der Waals surface area contributed by atoms with Gasteiger partial charge in [0.15, 0.2) is 0 Å². The van der Waals surface area contributed by atoms with Crippen molar-refractivity contribution in [2.24, 2.45) is 5.92 Å². The molecule has 1 fully saturated rings. The molecule has 0 heterocycles. The first-order valence-electron chi connectivity index (χ1n) is 5.97. The summed E-state index contributed by atoms with van der Waals surface area (Å²) in [6, 6.07) is 7.84. The maximum atomic E-state index is 11.1. The van der Waals surface area contributed by atoms with Gasteiger partial charge in [-0.15, -0.1) is 0 Å². The Kier molecular flexibility index (Phi) is 3.72. The van der Waals surface area contributed by atoms with Crippen molar-refractivity contribution in [3.63, 3.8) is 0 Å². The molecule has 2 rings (SSSR count). The van der Waals surface area contributed by atoms with E-state index in [4.69, 9.17) is 0 Å². The van der Waals surface area contributed by atoms with Crippen LogP contribution in [0.25, 0.3) is 0 Å². The van der Waals surface area contributed by atoms with Crippen molar-refractivity contribution in [2.75, 3.05) is 0 Å². The quantitative estimate of drug-likeness (QED) is 0.498. The molecule has 96 valence electrons. The summed E-state index contributed by atoms with van der Waals surface area (Å²) in [5.41, 5.74) is 0.745. The fourth-order valence-corrected chi connectivity index (χ4v) is 2.75. The molecule has 1 aliphatic rings. The summed E-state index contributed by atoms with van der Waals surface area (Å²) < 4.78 is 0. The maximum Gasteiger partial charge on any atom is 0.245 e. The third-order valence-corrected chi connectivity index (χ3v) is 3.62. The summed E-state index contributed by atoms with van der Waals surface area (Å²) in [6.45, 7) is 0. The number of hydrogen-bond donors (Lipinski definition) is 1. The molecule has 0 spiro atoms. The first kappa shape index (κ1) is 12.7. The van der Waals surface area contributed by atoms with Gasteiger partial charge in [0.05, 0.1) is 5.92 Å². The van der Waals surface area contributed by atoms with E-state index in [2.05, 4.69) is 0 Å². The SMILES string of the molecule is O=C[C@H]1CC[C@H](O)[C@@H]([N+](=O)[O-])[C@@H]1c1ccccc1. The van der Waals surface area contributed by atoms with Crippen LogP contribution in [0.15, 0.2) is 30.3 Å². The highest BCUT2D eigenvalue weighted by Crippen LogP contribution is 2.38. The van der Waals surface area contributed by atoms with Gasteiger partial charge in [-0.2, -0.15) is 0 Å². The molecule has 1 saturated carbocycles. The van der Waals surface area contributed by atoms with Gasteiger partial charge in [0.25, 0.3) is 0 Å². The van der Waals surface area contributed by atoms with Crippen LogP contribution in [0.1, 0.15) is 24.3 Å². The second kappa shape index (κ2) is 5.27. The molecule has 0 bridgehead atoms. The number of aliphatic hydroxyl groups excluding tert-OH is 1. The van der Waals surface area contributed by atoms with Crippen molar-refractivity contribution in [2.45, 2.75) is 30.9 Å². The monoisotopic (exact) mass is 249 g/mol. The van der Waals surface area contributed by atoms with Crippen molar-refractivity contribution < 1.29 is 14.8 Å². The van der Waals surface area contributed by atoms with Gasteiger partial charge in [-0.05, 0) is 18.4 Å². The zero-order chi connectivity index (χ0) is 13.1. The molecule has 0 radical (unpaired) electrons. The van der Waals surface area contributed by atoms with Crippen LogP contribution in [0.3, 0.4) is 0 Å². The van der Waals surface area contributed by atoms with Crippen molar-refractivity contribution in [3.8, 4) is 0 Å². The van der Waals surface area contributed by atoms with E-state index >= 15 is 0 Å². The molecule has 0 aromatic heterocycles. The highest BCUT2D eigenvalue weighted by molar-refractivity contribution is 5.56. The molecule has 4 atom stereocenters. The Balaban J connectivity index is 2.40. The van der Waals surface area contributed by atoms with Crippen molar-refractivity contribution in [1.82, 2.24) is 0 Å². The lowest BCUT2D eigenvalue weighted by molar-refractivity contribution is -0.542.